The van der Waals surface area contributed by atoms with Gasteiger partial charge in [0.1, 0.15) is 81.9 Å². The van der Waals surface area contributed by atoms with Crippen molar-refractivity contribution in [2.75, 3.05) is 74.2 Å². The Morgan fingerprint density at radius 3 is 1.68 bits per heavy atom. The van der Waals surface area contributed by atoms with Crippen LogP contribution in [0.15, 0.2) is 160 Å². The van der Waals surface area contributed by atoms with Crippen LogP contribution < -0.4 is 19.4 Å². The number of terminal acetylenes is 1. The molecule has 22 nitrogen and oxygen atoms in total. The second-order valence-electron chi connectivity index (χ2n) is 29.0. The highest BCUT2D eigenvalue weighted by Gasteiger charge is 2.54. The minimum Gasteiger partial charge on any atom is -0.508 e. The fraction of sp³-hybridized carbons (Fsp3) is 0.265. The Kier molecular flexibility index (Phi) is 17.7. The van der Waals surface area contributed by atoms with Crippen molar-refractivity contribution in [1.82, 2.24) is 69.4 Å². The number of fused-ring (bicyclic) bond motifs is 10. The van der Waals surface area contributed by atoms with Crippen LogP contribution in [0.25, 0.3) is 98.8 Å². The minimum absolute atomic E-state index is 0.0159. The quantitative estimate of drug-likeness (QED) is 0.0680. The maximum absolute atomic E-state index is 16.6. The molecule has 1 N–H and O–H groups in total. The minimum atomic E-state index is -0.661. The Labute approximate surface area is 642 Å². The highest BCUT2D eigenvalue weighted by molar-refractivity contribution is 6.37. The smallest absolute Gasteiger partial charge is 0.319 e. The average Bonchev–Trinajstić information content (AvgIpc) is 1.72. The number of aromatic nitrogens is 10. The van der Waals surface area contributed by atoms with E-state index in [1.807, 2.05) is 26.8 Å². The lowest BCUT2D eigenvalue weighted by Gasteiger charge is -2.47. The molecule has 1 saturated carbocycles. The molecule has 8 aliphatic rings. The summed E-state index contributed by atoms with van der Waals surface area (Å²) in [6.07, 6.45) is 24.0. The first-order valence-electron chi connectivity index (χ1n) is 36.4. The second-order valence-corrected chi connectivity index (χ2v) is 29.8. The van der Waals surface area contributed by atoms with Crippen LogP contribution in [0.2, 0.25) is 10.0 Å². The van der Waals surface area contributed by atoms with Crippen LogP contribution in [0.3, 0.4) is 0 Å². The number of benzene rings is 5. The average molecular weight is 1530 g/mol. The monoisotopic (exact) mass is 1530 g/mol. The summed E-state index contributed by atoms with van der Waals surface area (Å²) in [6, 6.07) is 22.9. The largest absolute Gasteiger partial charge is 0.508 e. The molecule has 1 aliphatic carbocycles. The lowest BCUT2D eigenvalue weighted by molar-refractivity contribution is -0.128. The molecule has 556 valence electrons. The summed E-state index contributed by atoms with van der Waals surface area (Å²) >= 11 is 12.8. The highest BCUT2D eigenvalue weighted by Crippen LogP contribution is 2.50. The number of piperidine rings is 1. The van der Waals surface area contributed by atoms with Gasteiger partial charge in [-0.1, -0.05) is 97.4 Å². The normalized spacial score (nSPS) is 21.8. The van der Waals surface area contributed by atoms with Crippen LogP contribution >= 0.6 is 23.2 Å². The van der Waals surface area contributed by atoms with Crippen molar-refractivity contribution in [3.05, 3.63) is 199 Å². The highest BCUT2D eigenvalue weighted by atomic mass is 35.5. The molecule has 8 fully saturated rings. The molecule has 7 saturated heterocycles. The van der Waals surface area contributed by atoms with Gasteiger partial charge in [0.2, 0.25) is 17.7 Å². The number of ether oxygens (including phenoxy) is 1. The van der Waals surface area contributed by atoms with Gasteiger partial charge in [-0.05, 0) is 104 Å². The maximum Gasteiger partial charge on any atom is 0.319 e. The molecule has 28 heteroatoms. The van der Waals surface area contributed by atoms with E-state index in [0.29, 0.717) is 140 Å². The lowest BCUT2D eigenvalue weighted by Crippen LogP contribution is -2.63. The predicted octanol–water partition coefficient (Wildman–Crippen LogP) is 12.7. The fourth-order valence-corrected chi connectivity index (χ4v) is 18.4. The van der Waals surface area contributed by atoms with Crippen LogP contribution in [0.5, 0.6) is 11.8 Å². The Hall–Kier alpha value is -12.1. The first-order valence-corrected chi connectivity index (χ1v) is 37.2. The first-order chi connectivity index (χ1) is 53.9. The van der Waals surface area contributed by atoms with Gasteiger partial charge in [-0.15, -0.1) is 6.42 Å². The van der Waals surface area contributed by atoms with Gasteiger partial charge in [0.15, 0.2) is 17.5 Å². The number of phenolic OH excluding ortho intramolecular Hbond substituents is 1. The zero-order valence-corrected chi connectivity index (χ0v) is 61.1. The van der Waals surface area contributed by atoms with Crippen LogP contribution in [0.4, 0.5) is 35.0 Å². The van der Waals surface area contributed by atoms with Crippen molar-refractivity contribution < 1.29 is 41.8 Å². The molecule has 7 aromatic heterocycles. The molecule has 12 aromatic rings. The van der Waals surface area contributed by atoms with Crippen molar-refractivity contribution in [1.29, 1.82) is 0 Å². The number of amides is 3. The van der Waals surface area contributed by atoms with Gasteiger partial charge in [0.25, 0.3) is 0 Å². The number of aromatic hydroxyl groups is 1. The third-order valence-electron chi connectivity index (χ3n) is 23.4. The summed E-state index contributed by atoms with van der Waals surface area (Å²) in [7, 11) is 2.10. The van der Waals surface area contributed by atoms with Gasteiger partial charge in [0, 0.05) is 132 Å². The van der Waals surface area contributed by atoms with E-state index in [1.165, 1.54) is 49.4 Å². The van der Waals surface area contributed by atoms with Gasteiger partial charge in [-0.2, -0.15) is 9.97 Å². The van der Waals surface area contributed by atoms with Crippen molar-refractivity contribution in [3.8, 4) is 57.9 Å². The molecule has 7 aliphatic heterocycles. The number of carbonyl (C=O) groups excluding carboxylic acids is 3. The van der Waals surface area contributed by atoms with Crippen LogP contribution in [0.1, 0.15) is 31.2 Å². The molecule has 3 amide bonds. The Morgan fingerprint density at radius 2 is 1.10 bits per heavy atom. The van der Waals surface area contributed by atoms with Crippen molar-refractivity contribution in [3.63, 3.8) is 0 Å². The van der Waals surface area contributed by atoms with Gasteiger partial charge in [-0.25, -0.2) is 37.5 Å². The predicted molar refractivity (Wildman–Crippen MR) is 416 cm³/mol. The number of phenols is 1. The Morgan fingerprint density at radius 1 is 0.568 bits per heavy atom. The summed E-state index contributed by atoms with van der Waals surface area (Å²) in [6.45, 7) is 16.0. The molecular weight excluding hydrogens is 1460 g/mol. The number of anilines is 3. The van der Waals surface area contributed by atoms with E-state index < -0.39 is 23.3 Å². The van der Waals surface area contributed by atoms with E-state index in [0.717, 1.165) is 37.1 Å². The Balaban J connectivity index is 0.000000118. The molecule has 0 radical (unpaired) electrons. The fourth-order valence-electron chi connectivity index (χ4n) is 17.8. The lowest BCUT2D eigenvalue weighted by atomic mass is 9.95. The number of halogens is 6. The number of pyridine rings is 4. The van der Waals surface area contributed by atoms with Gasteiger partial charge in [-0.3, -0.25) is 39.2 Å². The van der Waals surface area contributed by atoms with Gasteiger partial charge < -0.3 is 39.2 Å². The van der Waals surface area contributed by atoms with Crippen molar-refractivity contribution in [2.24, 2.45) is 11.8 Å². The zero-order valence-electron chi connectivity index (χ0n) is 59.6. The molecule has 20 rings (SSSR count). The first kappa shape index (κ1) is 70.6. The van der Waals surface area contributed by atoms with E-state index in [1.54, 1.807) is 85.6 Å². The number of carbonyl (C=O) groups is 3. The molecular formula is C83H67Cl2F4N17O5. The van der Waals surface area contributed by atoms with Crippen LogP contribution in [-0.2, 0) is 14.4 Å². The second kappa shape index (κ2) is 27.8. The summed E-state index contributed by atoms with van der Waals surface area (Å²) < 4.78 is 68.9. The number of rotatable bonds is 12. The van der Waals surface area contributed by atoms with E-state index in [4.69, 9.17) is 39.3 Å². The van der Waals surface area contributed by atoms with E-state index in [2.05, 4.69) is 97.2 Å². The SMILES string of the molecule is C#Cc1cccc2cc(O)cc(-c3ncc4c(N5C[C@@H]6[C@H]5CCN6C(=O)C=C)ncnc4c3F)c12.C=CC(=O)N1CC[C@@H]2[C@H]1CN2c1nc(OC[C@@H]2[C@@H]3C[C@@H]3CN2C)nc2c(F)c(-c3cccc4ccc(F)c(Cl)c34)ncc12.C=CC(=O)N1CC[C@@H]2[C@H]1CN2c1ncnc2c(F)c(-c3cncc4cccc(Cl)c34)ncc12. The number of likely N-dealkylation sites (tertiary alicyclic amines) is 4. The molecule has 5 aromatic carbocycles. The van der Waals surface area contributed by atoms with E-state index in [-0.39, 0.29) is 110 Å². The molecule has 14 heterocycles. The molecule has 0 unspecified atom stereocenters. The molecule has 111 heavy (non-hydrogen) atoms. The summed E-state index contributed by atoms with van der Waals surface area (Å²) in [4.78, 5) is 95.0. The van der Waals surface area contributed by atoms with Crippen LogP contribution in [-0.4, -0.2) is 194 Å². The van der Waals surface area contributed by atoms with E-state index >= 15 is 13.2 Å². The number of likely N-dealkylation sites (N-methyl/N-ethyl adjacent to an activating group) is 1. The molecule has 0 bridgehead atoms. The standard InChI is InChI=1S/C32H29ClF2N6O2.C27H20FN5O2.C24H18ClFN6O/c1-3-25(42)40-10-9-22-23(40)14-41(22)31-20-12-36-29(18-6-4-5-16-7-8-21(34)27(33)26(16)18)28(35)30(20)37-32(38-31)43-15-24-19-11-17(19)13-39(24)2;1-3-15-6-5-7-16-10-17(34)11-18(23(15)16)25-24(28)26-19(12-29-25)27(31-14-30-26)33-13-21-20(33)8-9-32(21)22(35)4-2;1-2-19(33)31-7-6-17-18(31)11-32(17)24-15-10-28-22(21(26)23(15)29-12-30-24)14-9-27-8-13-4-3-5-16(25)20(13)14/h3-8,12,17,19,22-24H,1,9-11,13-15H2,2H3;1,4-7,10-12,14,20-21,34H,2,8-9,13H2;2-5,8-10,12,17-18H,1,6-7,11H2/t17-,19-,22-,23-,24-;20-,21-;17-,18-/m111/s1. The topological polar surface area (TPSA) is 232 Å². The molecule has 9 atom stereocenters. The molecule has 0 spiro atoms. The third-order valence-corrected chi connectivity index (χ3v) is 24.1. The summed E-state index contributed by atoms with van der Waals surface area (Å²) in [5, 5.41) is 16.0. The van der Waals surface area contributed by atoms with Gasteiger partial charge in [0.05, 0.1) is 57.4 Å². The number of nitrogens with zero attached hydrogens (tertiary/aromatic N) is 17. The Bertz CT molecular complexity index is 6030. The van der Waals surface area contributed by atoms with E-state index in [9.17, 15) is 23.9 Å². The summed E-state index contributed by atoms with van der Waals surface area (Å²) in [5.74, 6) is 3.05. The van der Waals surface area contributed by atoms with Gasteiger partial charge >= 0.3 is 6.01 Å². The maximum atomic E-state index is 16.6. The number of hydrogen-bond donors (Lipinski definition) is 1. The van der Waals surface area contributed by atoms with Crippen LogP contribution in [0, 0.1) is 47.4 Å². The number of hydrogen-bond acceptors (Lipinski definition) is 19. The zero-order chi connectivity index (χ0) is 76.5. The summed E-state index contributed by atoms with van der Waals surface area (Å²) in [5.41, 5.74) is 2.46. The third kappa shape index (κ3) is 11.7. The van der Waals surface area contributed by atoms with Crippen molar-refractivity contribution >= 4 is 123 Å². The van der Waals surface area contributed by atoms with Crippen molar-refractivity contribution in [2.45, 2.75) is 68.0 Å².